The fraction of sp³-hybridized carbons (Fsp3) is 0.417. The summed E-state index contributed by atoms with van der Waals surface area (Å²) in [6.45, 7) is 5.92. The lowest BCUT2D eigenvalue weighted by Gasteiger charge is -2.17. The van der Waals surface area contributed by atoms with Crippen LogP contribution < -0.4 is 5.32 Å². The molecule has 2 aromatic heterocycles. The molecule has 0 aromatic carbocycles. The predicted octanol–water partition coefficient (Wildman–Crippen LogP) is 1.86. The summed E-state index contributed by atoms with van der Waals surface area (Å²) in [5.41, 5.74) is 0.891. The van der Waals surface area contributed by atoms with Gasteiger partial charge in [-0.3, -0.25) is 10.3 Å². The topological polar surface area (TPSA) is 63.8 Å². The first-order valence-corrected chi connectivity index (χ1v) is 5.64. The van der Waals surface area contributed by atoms with Crippen LogP contribution in [-0.4, -0.2) is 21.2 Å². The number of aryl methyl sites for hydroxylation is 1. The highest BCUT2D eigenvalue weighted by atomic mass is 16.5. The number of hydrogen-bond acceptors (Lipinski definition) is 5. The Kier molecular flexibility index (Phi) is 3.49. The van der Waals surface area contributed by atoms with Crippen molar-refractivity contribution in [1.82, 2.24) is 20.4 Å². The minimum absolute atomic E-state index is 0.131. The Labute approximate surface area is 100 Å². The van der Waals surface area contributed by atoms with E-state index in [0.717, 1.165) is 5.69 Å². The van der Waals surface area contributed by atoms with Gasteiger partial charge in [0.25, 0.3) is 0 Å². The molecule has 0 bridgehead atoms. The molecule has 1 N–H and O–H groups in total. The number of nitrogens with zero attached hydrogens (tertiary/aromatic N) is 3. The quantitative estimate of drug-likeness (QED) is 0.871. The second-order valence-electron chi connectivity index (χ2n) is 4.18. The summed E-state index contributed by atoms with van der Waals surface area (Å²) in [5.74, 6) is 1.18. The highest BCUT2D eigenvalue weighted by Crippen LogP contribution is 2.17. The van der Waals surface area contributed by atoms with Gasteiger partial charge in [-0.05, 0) is 26.0 Å². The van der Waals surface area contributed by atoms with E-state index in [0.29, 0.717) is 17.8 Å². The summed E-state index contributed by atoms with van der Waals surface area (Å²) in [7, 11) is 0. The van der Waals surface area contributed by atoms with Crippen LogP contribution in [0.4, 0.5) is 0 Å². The third kappa shape index (κ3) is 2.88. The summed E-state index contributed by atoms with van der Waals surface area (Å²) in [4.78, 5) is 8.59. The fourth-order valence-corrected chi connectivity index (χ4v) is 1.60. The Bertz CT molecular complexity index is 466. The second-order valence-corrected chi connectivity index (χ2v) is 4.18. The maximum Gasteiger partial charge on any atom is 0.223 e. The van der Waals surface area contributed by atoms with E-state index in [4.69, 9.17) is 4.52 Å². The molecule has 0 radical (unpaired) electrons. The van der Waals surface area contributed by atoms with E-state index in [1.165, 1.54) is 0 Å². The van der Waals surface area contributed by atoms with Gasteiger partial charge in [-0.15, -0.1) is 0 Å². The van der Waals surface area contributed by atoms with Crippen LogP contribution in [0, 0.1) is 6.92 Å². The SMILES string of the molecule is Cc1nc([C@@H](NC(C)C)c2ccccn2)no1. The normalized spacial score (nSPS) is 12.9. The average molecular weight is 232 g/mol. The molecule has 0 amide bonds. The van der Waals surface area contributed by atoms with Crippen LogP contribution in [0.25, 0.3) is 0 Å². The molecule has 17 heavy (non-hydrogen) atoms. The Hall–Kier alpha value is -1.75. The van der Waals surface area contributed by atoms with E-state index in [2.05, 4.69) is 34.3 Å². The van der Waals surface area contributed by atoms with Gasteiger partial charge in [0.15, 0.2) is 5.82 Å². The van der Waals surface area contributed by atoms with Crippen molar-refractivity contribution in [2.24, 2.45) is 0 Å². The molecule has 0 aliphatic heterocycles. The van der Waals surface area contributed by atoms with Crippen molar-refractivity contribution >= 4 is 0 Å². The maximum atomic E-state index is 5.02. The van der Waals surface area contributed by atoms with Crippen molar-refractivity contribution in [3.63, 3.8) is 0 Å². The van der Waals surface area contributed by atoms with Gasteiger partial charge in [0.05, 0.1) is 5.69 Å². The zero-order chi connectivity index (χ0) is 12.3. The number of aromatic nitrogens is 3. The van der Waals surface area contributed by atoms with Gasteiger partial charge in [-0.2, -0.15) is 4.98 Å². The molecule has 0 saturated heterocycles. The highest BCUT2D eigenvalue weighted by molar-refractivity contribution is 5.16. The zero-order valence-corrected chi connectivity index (χ0v) is 10.2. The van der Waals surface area contributed by atoms with Crippen molar-refractivity contribution in [2.45, 2.75) is 32.9 Å². The lowest BCUT2D eigenvalue weighted by molar-refractivity contribution is 0.378. The lowest BCUT2D eigenvalue weighted by atomic mass is 10.1. The van der Waals surface area contributed by atoms with E-state index >= 15 is 0 Å². The molecule has 90 valence electrons. The van der Waals surface area contributed by atoms with Crippen LogP contribution in [0.5, 0.6) is 0 Å². The molecule has 2 aromatic rings. The van der Waals surface area contributed by atoms with Crippen molar-refractivity contribution in [3.05, 3.63) is 41.8 Å². The van der Waals surface area contributed by atoms with Crippen LogP contribution in [0.2, 0.25) is 0 Å². The number of pyridine rings is 1. The van der Waals surface area contributed by atoms with E-state index < -0.39 is 0 Å². The van der Waals surface area contributed by atoms with Gasteiger partial charge in [-0.25, -0.2) is 0 Å². The lowest BCUT2D eigenvalue weighted by Crippen LogP contribution is -2.30. The van der Waals surface area contributed by atoms with E-state index in [9.17, 15) is 0 Å². The van der Waals surface area contributed by atoms with E-state index in [-0.39, 0.29) is 6.04 Å². The monoisotopic (exact) mass is 232 g/mol. The van der Waals surface area contributed by atoms with Gasteiger partial charge in [-0.1, -0.05) is 11.2 Å². The average Bonchev–Trinajstić information content (AvgIpc) is 2.73. The highest BCUT2D eigenvalue weighted by Gasteiger charge is 2.21. The van der Waals surface area contributed by atoms with Gasteiger partial charge in [0.2, 0.25) is 5.89 Å². The first-order valence-electron chi connectivity index (χ1n) is 5.64. The third-order valence-corrected chi connectivity index (χ3v) is 2.29. The van der Waals surface area contributed by atoms with Crippen molar-refractivity contribution in [2.75, 3.05) is 0 Å². The summed E-state index contributed by atoms with van der Waals surface area (Å²) < 4.78 is 5.02. The van der Waals surface area contributed by atoms with Crippen molar-refractivity contribution in [1.29, 1.82) is 0 Å². The molecule has 2 rings (SSSR count). The zero-order valence-electron chi connectivity index (χ0n) is 10.2. The Morgan fingerprint density at radius 3 is 2.65 bits per heavy atom. The van der Waals surface area contributed by atoms with Gasteiger partial charge >= 0.3 is 0 Å². The summed E-state index contributed by atoms with van der Waals surface area (Å²) in [6, 6.07) is 5.96. The smallest absolute Gasteiger partial charge is 0.223 e. The minimum Gasteiger partial charge on any atom is -0.340 e. The molecular formula is C12H16N4O. The fourth-order valence-electron chi connectivity index (χ4n) is 1.60. The van der Waals surface area contributed by atoms with Gasteiger partial charge in [0.1, 0.15) is 6.04 Å². The molecule has 0 aliphatic carbocycles. The number of rotatable bonds is 4. The standard InChI is InChI=1S/C12H16N4O/c1-8(2)14-11(10-6-4-5-7-13-10)12-15-9(3)17-16-12/h4-8,11,14H,1-3H3/t11-/m0/s1. The molecule has 1 atom stereocenters. The Morgan fingerprint density at radius 2 is 2.12 bits per heavy atom. The molecule has 5 nitrogen and oxygen atoms in total. The largest absolute Gasteiger partial charge is 0.340 e. The van der Waals surface area contributed by atoms with E-state index in [1.54, 1.807) is 13.1 Å². The Morgan fingerprint density at radius 1 is 1.29 bits per heavy atom. The second kappa shape index (κ2) is 5.05. The van der Waals surface area contributed by atoms with Crippen LogP contribution in [0.15, 0.2) is 28.9 Å². The van der Waals surface area contributed by atoms with Crippen molar-refractivity contribution in [3.8, 4) is 0 Å². The maximum absolute atomic E-state index is 5.02. The van der Waals surface area contributed by atoms with Crippen LogP contribution in [0.3, 0.4) is 0 Å². The number of nitrogens with one attached hydrogen (secondary N) is 1. The first kappa shape index (κ1) is 11.7. The molecule has 0 spiro atoms. The van der Waals surface area contributed by atoms with Crippen LogP contribution in [0.1, 0.15) is 37.3 Å². The van der Waals surface area contributed by atoms with E-state index in [1.807, 2.05) is 18.2 Å². The van der Waals surface area contributed by atoms with Crippen LogP contribution >= 0.6 is 0 Å². The summed E-state index contributed by atoms with van der Waals surface area (Å²) in [5, 5.41) is 7.34. The molecule has 0 aliphatic rings. The van der Waals surface area contributed by atoms with Gasteiger partial charge in [0, 0.05) is 19.2 Å². The third-order valence-electron chi connectivity index (χ3n) is 2.29. The van der Waals surface area contributed by atoms with Gasteiger partial charge < -0.3 is 4.52 Å². The predicted molar refractivity (Wildman–Crippen MR) is 63.4 cm³/mol. The molecule has 2 heterocycles. The van der Waals surface area contributed by atoms with Crippen molar-refractivity contribution < 1.29 is 4.52 Å². The molecule has 5 heteroatoms. The molecule has 0 fully saturated rings. The number of hydrogen-bond donors (Lipinski definition) is 1. The molecule has 0 saturated carbocycles. The van der Waals surface area contributed by atoms with Crippen LogP contribution in [-0.2, 0) is 0 Å². The summed E-state index contributed by atoms with van der Waals surface area (Å²) in [6.07, 6.45) is 1.76. The minimum atomic E-state index is -0.131. The first-order chi connectivity index (χ1) is 8.16. The summed E-state index contributed by atoms with van der Waals surface area (Å²) >= 11 is 0. The molecular weight excluding hydrogens is 216 g/mol. The molecule has 0 unspecified atom stereocenters. The Balaban J connectivity index is 2.32.